The average Bonchev–Trinajstić information content (AvgIpc) is 1.77. The van der Waals surface area contributed by atoms with E-state index in [0.29, 0.717) is 5.75 Å². The molecule has 1 aromatic carbocycles. The molecular weight excluding hydrogens is 124 g/mol. The van der Waals surface area contributed by atoms with Crippen LogP contribution in [0.15, 0.2) is 12.1 Å². The number of aryl methyl sites for hydroxylation is 2. The highest BCUT2D eigenvalue weighted by molar-refractivity contribution is 5.47. The summed E-state index contributed by atoms with van der Waals surface area (Å²) in [5, 5.41) is 9.33. The molecule has 0 amide bonds. The first-order chi connectivity index (χ1) is 4.77. The molecule has 0 radical (unpaired) electrons. The second kappa shape index (κ2) is 1.75. The van der Waals surface area contributed by atoms with Crippen molar-refractivity contribution in [1.82, 2.24) is 0 Å². The number of fused-ring (bicyclic) bond motifs is 1. The van der Waals surface area contributed by atoms with E-state index in [2.05, 4.69) is 6.07 Å². The van der Waals surface area contributed by atoms with Crippen LogP contribution in [0.4, 0.5) is 0 Å². The maximum atomic E-state index is 9.33. The minimum Gasteiger partial charge on any atom is -0.508 e. The van der Waals surface area contributed by atoms with Gasteiger partial charge >= 0.3 is 0 Å². The molecule has 0 fully saturated rings. The number of phenolic OH excluding ortho intramolecular Hbond substituents is 1. The second-order valence-electron chi connectivity index (χ2n) is 2.92. The van der Waals surface area contributed by atoms with Gasteiger partial charge in [-0.2, -0.15) is 0 Å². The van der Waals surface area contributed by atoms with Gasteiger partial charge in [-0.3, -0.25) is 0 Å². The van der Waals surface area contributed by atoms with E-state index in [-0.39, 0.29) is 0 Å². The molecule has 1 aromatic rings. The van der Waals surface area contributed by atoms with Gasteiger partial charge in [-0.15, -0.1) is 0 Å². The molecule has 52 valence electrons. The third-order valence-electron chi connectivity index (χ3n) is 2.11. The highest BCUT2D eigenvalue weighted by Crippen LogP contribution is 2.31. The van der Waals surface area contributed by atoms with Gasteiger partial charge in [0.25, 0.3) is 0 Å². The Balaban J connectivity index is 2.63. The maximum absolute atomic E-state index is 9.33. The number of aromatic hydroxyl groups is 1. The predicted octanol–water partition coefficient (Wildman–Crippen LogP) is 1.80. The standard InChI is InChI=1S/C9H10O/c1-6-4-7-2-3-8(7)9(10)5-6/h4-5,10H,2-3H2,1H3. The highest BCUT2D eigenvalue weighted by atomic mass is 16.3. The summed E-state index contributed by atoms with van der Waals surface area (Å²) in [7, 11) is 0. The lowest BCUT2D eigenvalue weighted by Crippen LogP contribution is -2.08. The van der Waals surface area contributed by atoms with Gasteiger partial charge < -0.3 is 5.11 Å². The number of hydrogen-bond donors (Lipinski definition) is 1. The second-order valence-corrected chi connectivity index (χ2v) is 2.92. The van der Waals surface area contributed by atoms with Crippen molar-refractivity contribution in [2.24, 2.45) is 0 Å². The van der Waals surface area contributed by atoms with E-state index in [1.807, 2.05) is 13.0 Å². The third-order valence-corrected chi connectivity index (χ3v) is 2.11. The molecule has 0 atom stereocenters. The molecule has 0 saturated carbocycles. The lowest BCUT2D eigenvalue weighted by Gasteiger charge is -2.20. The van der Waals surface area contributed by atoms with Gasteiger partial charge in [0.15, 0.2) is 0 Å². The zero-order valence-corrected chi connectivity index (χ0v) is 6.02. The number of rotatable bonds is 0. The summed E-state index contributed by atoms with van der Waals surface area (Å²) < 4.78 is 0. The van der Waals surface area contributed by atoms with Crippen molar-refractivity contribution in [3.63, 3.8) is 0 Å². The Kier molecular flexibility index (Phi) is 1.01. The molecule has 2 rings (SSSR count). The molecule has 0 heterocycles. The topological polar surface area (TPSA) is 20.2 Å². The Labute approximate surface area is 60.3 Å². The van der Waals surface area contributed by atoms with Gasteiger partial charge in [-0.1, -0.05) is 6.07 Å². The summed E-state index contributed by atoms with van der Waals surface area (Å²) in [4.78, 5) is 0. The Morgan fingerprint density at radius 1 is 1.30 bits per heavy atom. The van der Waals surface area contributed by atoms with Crippen LogP contribution in [0.2, 0.25) is 0 Å². The molecule has 0 unspecified atom stereocenters. The number of hydrogen-bond acceptors (Lipinski definition) is 1. The van der Waals surface area contributed by atoms with Crippen molar-refractivity contribution in [2.75, 3.05) is 0 Å². The Bertz CT molecular complexity index is 259. The number of benzene rings is 1. The molecule has 1 nitrogen and oxygen atoms in total. The average molecular weight is 134 g/mol. The fraction of sp³-hybridized carbons (Fsp3) is 0.333. The first-order valence-corrected chi connectivity index (χ1v) is 3.59. The van der Waals surface area contributed by atoms with Crippen LogP contribution in [-0.2, 0) is 12.8 Å². The van der Waals surface area contributed by atoms with Crippen molar-refractivity contribution < 1.29 is 5.11 Å². The molecule has 1 N–H and O–H groups in total. The van der Waals surface area contributed by atoms with Crippen LogP contribution >= 0.6 is 0 Å². The molecular formula is C9H10O. The molecule has 0 aromatic heterocycles. The van der Waals surface area contributed by atoms with Gasteiger partial charge in [0.1, 0.15) is 5.75 Å². The minimum atomic E-state index is 0.487. The normalized spacial score (nSPS) is 14.1. The summed E-state index contributed by atoms with van der Waals surface area (Å²) in [6.07, 6.45) is 2.20. The quantitative estimate of drug-likeness (QED) is 0.573. The monoisotopic (exact) mass is 134 g/mol. The van der Waals surface area contributed by atoms with Crippen LogP contribution in [0.25, 0.3) is 0 Å². The van der Waals surface area contributed by atoms with Crippen molar-refractivity contribution in [3.05, 3.63) is 28.8 Å². The van der Waals surface area contributed by atoms with Crippen LogP contribution in [0.3, 0.4) is 0 Å². The van der Waals surface area contributed by atoms with Gasteiger partial charge in [-0.05, 0) is 42.5 Å². The van der Waals surface area contributed by atoms with E-state index in [4.69, 9.17) is 0 Å². The van der Waals surface area contributed by atoms with Crippen LogP contribution in [0.5, 0.6) is 5.75 Å². The zero-order valence-electron chi connectivity index (χ0n) is 6.02. The first-order valence-electron chi connectivity index (χ1n) is 3.59. The first kappa shape index (κ1) is 5.78. The fourth-order valence-corrected chi connectivity index (χ4v) is 1.47. The summed E-state index contributed by atoms with van der Waals surface area (Å²) in [5.41, 5.74) is 3.65. The van der Waals surface area contributed by atoms with Crippen LogP contribution < -0.4 is 0 Å². The Morgan fingerprint density at radius 2 is 2.10 bits per heavy atom. The summed E-state index contributed by atoms with van der Waals surface area (Å²) in [6.45, 7) is 2.01. The van der Waals surface area contributed by atoms with Gasteiger partial charge in [0.05, 0.1) is 0 Å². The van der Waals surface area contributed by atoms with Gasteiger partial charge in [-0.25, -0.2) is 0 Å². The number of phenols is 1. The summed E-state index contributed by atoms with van der Waals surface area (Å²) in [6, 6.07) is 3.98. The fourth-order valence-electron chi connectivity index (χ4n) is 1.47. The lowest BCUT2D eigenvalue weighted by atomic mass is 9.86. The molecule has 0 saturated heterocycles. The zero-order chi connectivity index (χ0) is 7.14. The van der Waals surface area contributed by atoms with Crippen LogP contribution in [0, 0.1) is 6.92 Å². The van der Waals surface area contributed by atoms with E-state index in [0.717, 1.165) is 24.0 Å². The highest BCUT2D eigenvalue weighted by Gasteiger charge is 2.16. The molecule has 0 bridgehead atoms. The van der Waals surface area contributed by atoms with Crippen molar-refractivity contribution in [2.45, 2.75) is 19.8 Å². The van der Waals surface area contributed by atoms with E-state index < -0.39 is 0 Å². The van der Waals surface area contributed by atoms with E-state index >= 15 is 0 Å². The van der Waals surface area contributed by atoms with E-state index in [1.54, 1.807) is 0 Å². The molecule has 10 heavy (non-hydrogen) atoms. The molecule has 1 aliphatic carbocycles. The minimum absolute atomic E-state index is 0.487. The maximum Gasteiger partial charge on any atom is 0.119 e. The smallest absolute Gasteiger partial charge is 0.119 e. The van der Waals surface area contributed by atoms with Crippen molar-refractivity contribution >= 4 is 0 Å². The summed E-state index contributed by atoms with van der Waals surface area (Å²) >= 11 is 0. The van der Waals surface area contributed by atoms with Crippen LogP contribution in [0.1, 0.15) is 16.7 Å². The SMILES string of the molecule is Cc1cc(O)c2c(c1)CC2. The predicted molar refractivity (Wildman–Crippen MR) is 40.3 cm³/mol. The van der Waals surface area contributed by atoms with E-state index in [1.165, 1.54) is 5.56 Å². The van der Waals surface area contributed by atoms with Gasteiger partial charge in [0.2, 0.25) is 0 Å². The lowest BCUT2D eigenvalue weighted by molar-refractivity contribution is 0.461. The molecule has 0 spiro atoms. The van der Waals surface area contributed by atoms with Crippen molar-refractivity contribution in [1.29, 1.82) is 0 Å². The van der Waals surface area contributed by atoms with Gasteiger partial charge in [0, 0.05) is 0 Å². The molecule has 1 aliphatic rings. The third kappa shape index (κ3) is 0.635. The van der Waals surface area contributed by atoms with Crippen LogP contribution in [-0.4, -0.2) is 5.11 Å². The molecule has 0 aliphatic heterocycles. The van der Waals surface area contributed by atoms with Crippen molar-refractivity contribution in [3.8, 4) is 5.75 Å². The molecule has 1 heteroatoms. The van der Waals surface area contributed by atoms with E-state index in [9.17, 15) is 5.11 Å². The summed E-state index contributed by atoms with van der Waals surface area (Å²) in [5.74, 6) is 0.487. The largest absolute Gasteiger partial charge is 0.508 e. The Hall–Kier alpha value is -0.980. The Morgan fingerprint density at radius 3 is 2.60 bits per heavy atom.